The number of nitrogens with one attached hydrogen (secondary N) is 1. The topological polar surface area (TPSA) is 64.1 Å². The van der Waals surface area contributed by atoms with Gasteiger partial charge < -0.3 is 10.1 Å². The maximum Gasteiger partial charge on any atom is 0.322 e. The Bertz CT molecular complexity index is 1130. The summed E-state index contributed by atoms with van der Waals surface area (Å²) in [5, 5.41) is 5.05. The molecule has 0 radical (unpaired) electrons. The minimum atomic E-state index is -0.197. The van der Waals surface area contributed by atoms with Gasteiger partial charge in [0.25, 0.3) is 5.91 Å². The van der Waals surface area contributed by atoms with Gasteiger partial charge >= 0.3 is 6.01 Å². The number of para-hydroxylation sites is 1. The van der Waals surface area contributed by atoms with Gasteiger partial charge in [0.05, 0.1) is 17.1 Å². The first-order valence-corrected chi connectivity index (χ1v) is 8.98. The van der Waals surface area contributed by atoms with Gasteiger partial charge in [-0.3, -0.25) is 4.79 Å². The number of fused-ring (bicyclic) bond motifs is 1. The molecule has 5 nitrogen and oxygen atoms in total. The summed E-state index contributed by atoms with van der Waals surface area (Å²) in [6.45, 7) is 3.64. The van der Waals surface area contributed by atoms with Gasteiger partial charge in [0.15, 0.2) is 0 Å². The second kappa shape index (κ2) is 7.48. The lowest BCUT2D eigenvalue weighted by molar-refractivity contribution is 0.102. The van der Waals surface area contributed by atoms with Crippen LogP contribution in [0.15, 0.2) is 72.8 Å². The molecule has 0 spiro atoms. The van der Waals surface area contributed by atoms with Gasteiger partial charge in [-0.25, -0.2) is 0 Å². The highest BCUT2D eigenvalue weighted by Crippen LogP contribution is 2.24. The number of anilines is 1. The summed E-state index contributed by atoms with van der Waals surface area (Å²) < 4.78 is 5.70. The number of benzene rings is 3. The third-order valence-electron chi connectivity index (χ3n) is 4.45. The number of hydrogen-bond acceptors (Lipinski definition) is 4. The monoisotopic (exact) mass is 369 g/mol. The second-order valence-corrected chi connectivity index (χ2v) is 6.48. The van der Waals surface area contributed by atoms with E-state index in [2.05, 4.69) is 15.3 Å². The number of ether oxygens (including phenoxy) is 1. The summed E-state index contributed by atoms with van der Waals surface area (Å²) in [4.78, 5) is 21.5. The predicted octanol–water partition coefficient (Wildman–Crippen LogP) is 5.29. The molecule has 0 fully saturated rings. The van der Waals surface area contributed by atoms with Crippen LogP contribution >= 0.6 is 0 Å². The van der Waals surface area contributed by atoms with Gasteiger partial charge in [-0.2, -0.15) is 9.97 Å². The van der Waals surface area contributed by atoms with E-state index in [1.54, 1.807) is 0 Å². The van der Waals surface area contributed by atoms with Crippen molar-refractivity contribution < 1.29 is 9.53 Å². The van der Waals surface area contributed by atoms with E-state index in [0.29, 0.717) is 28.4 Å². The van der Waals surface area contributed by atoms with Gasteiger partial charge in [-0.05, 0) is 48.9 Å². The molecule has 0 aliphatic heterocycles. The van der Waals surface area contributed by atoms with Crippen LogP contribution in [0.5, 0.6) is 11.8 Å². The van der Waals surface area contributed by atoms with E-state index < -0.39 is 0 Å². The van der Waals surface area contributed by atoms with E-state index in [-0.39, 0.29) is 11.9 Å². The lowest BCUT2D eigenvalue weighted by Crippen LogP contribution is -2.15. The molecule has 5 heteroatoms. The van der Waals surface area contributed by atoms with E-state index >= 15 is 0 Å². The van der Waals surface area contributed by atoms with Crippen LogP contribution in [0.25, 0.3) is 10.8 Å². The van der Waals surface area contributed by atoms with Crippen molar-refractivity contribution in [2.75, 3.05) is 5.32 Å². The highest BCUT2D eigenvalue weighted by molar-refractivity contribution is 6.06. The Morgan fingerprint density at radius 1 is 0.821 bits per heavy atom. The Morgan fingerprint density at radius 2 is 1.46 bits per heavy atom. The van der Waals surface area contributed by atoms with Crippen molar-refractivity contribution in [3.8, 4) is 11.8 Å². The van der Waals surface area contributed by atoms with Crippen LogP contribution in [0.2, 0.25) is 0 Å². The molecule has 0 unspecified atom stereocenters. The number of rotatable bonds is 4. The molecule has 4 aromatic rings. The maximum absolute atomic E-state index is 12.7. The highest BCUT2D eigenvalue weighted by atomic mass is 16.5. The first kappa shape index (κ1) is 17.7. The van der Waals surface area contributed by atoms with Gasteiger partial charge in [0, 0.05) is 5.56 Å². The van der Waals surface area contributed by atoms with Crippen molar-refractivity contribution in [3.05, 3.63) is 89.7 Å². The predicted molar refractivity (Wildman–Crippen MR) is 110 cm³/mol. The standard InChI is InChI=1S/C23H19N3O2/c1-15-21(16(2)25-23(24-15)28-20-10-4-3-5-11-20)26-22(27)19-13-12-17-8-6-7-9-18(17)14-19/h3-14H,1-2H3,(H,26,27). The molecule has 0 saturated heterocycles. The van der Waals surface area contributed by atoms with Crippen molar-refractivity contribution >= 4 is 22.4 Å². The third kappa shape index (κ3) is 3.69. The Morgan fingerprint density at radius 3 is 2.18 bits per heavy atom. The van der Waals surface area contributed by atoms with Crippen molar-refractivity contribution in [3.63, 3.8) is 0 Å². The van der Waals surface area contributed by atoms with E-state index in [1.165, 1.54) is 0 Å². The fourth-order valence-electron chi connectivity index (χ4n) is 3.02. The number of amides is 1. The summed E-state index contributed by atoms with van der Waals surface area (Å²) in [7, 11) is 0. The molecule has 0 saturated carbocycles. The lowest BCUT2D eigenvalue weighted by atomic mass is 10.1. The Kier molecular flexibility index (Phi) is 4.72. The molecule has 0 aliphatic carbocycles. The zero-order valence-corrected chi connectivity index (χ0v) is 15.6. The number of hydrogen-bond donors (Lipinski definition) is 1. The number of aryl methyl sites for hydroxylation is 2. The number of carbonyl (C=O) groups is 1. The Hall–Kier alpha value is -3.73. The molecule has 0 bridgehead atoms. The molecular weight excluding hydrogens is 350 g/mol. The minimum Gasteiger partial charge on any atom is -0.424 e. The fraction of sp³-hybridized carbons (Fsp3) is 0.0870. The number of aromatic nitrogens is 2. The van der Waals surface area contributed by atoms with Crippen LogP contribution in [0, 0.1) is 13.8 Å². The van der Waals surface area contributed by atoms with Crippen LogP contribution in [-0.2, 0) is 0 Å². The van der Waals surface area contributed by atoms with E-state index in [9.17, 15) is 4.79 Å². The Labute approximate surface area is 163 Å². The minimum absolute atomic E-state index is 0.197. The van der Waals surface area contributed by atoms with Crippen molar-refractivity contribution in [1.29, 1.82) is 0 Å². The number of carbonyl (C=O) groups excluding carboxylic acids is 1. The van der Waals surface area contributed by atoms with Crippen LogP contribution in [-0.4, -0.2) is 15.9 Å². The average molecular weight is 369 g/mol. The van der Waals surface area contributed by atoms with Gasteiger partial charge in [0.2, 0.25) is 0 Å². The summed E-state index contributed by atoms with van der Waals surface area (Å²) in [5.41, 5.74) is 2.47. The molecule has 1 heterocycles. The molecule has 0 aliphatic rings. The summed E-state index contributed by atoms with van der Waals surface area (Å²) in [5.74, 6) is 0.464. The van der Waals surface area contributed by atoms with Crippen LogP contribution < -0.4 is 10.1 Å². The zero-order chi connectivity index (χ0) is 19.5. The molecule has 4 rings (SSSR count). The summed E-state index contributed by atoms with van der Waals surface area (Å²) in [6.07, 6.45) is 0. The van der Waals surface area contributed by atoms with Crippen molar-refractivity contribution in [2.24, 2.45) is 0 Å². The fourth-order valence-corrected chi connectivity index (χ4v) is 3.02. The van der Waals surface area contributed by atoms with E-state index in [4.69, 9.17) is 4.74 Å². The van der Waals surface area contributed by atoms with Crippen molar-refractivity contribution in [2.45, 2.75) is 13.8 Å². The zero-order valence-electron chi connectivity index (χ0n) is 15.6. The van der Waals surface area contributed by atoms with Gasteiger partial charge in [-0.1, -0.05) is 48.5 Å². The summed E-state index contributed by atoms with van der Waals surface area (Å²) in [6, 6.07) is 23.2. The summed E-state index contributed by atoms with van der Waals surface area (Å²) >= 11 is 0. The molecular formula is C23H19N3O2. The van der Waals surface area contributed by atoms with Crippen LogP contribution in [0.1, 0.15) is 21.7 Å². The largest absolute Gasteiger partial charge is 0.424 e. The van der Waals surface area contributed by atoms with Gasteiger partial charge in [0.1, 0.15) is 5.75 Å². The normalized spacial score (nSPS) is 10.6. The average Bonchev–Trinajstić information content (AvgIpc) is 2.71. The molecule has 28 heavy (non-hydrogen) atoms. The lowest BCUT2D eigenvalue weighted by Gasteiger charge is -2.13. The molecule has 0 atom stereocenters. The molecule has 1 amide bonds. The molecule has 1 N–H and O–H groups in total. The molecule has 1 aromatic heterocycles. The molecule has 138 valence electrons. The van der Waals surface area contributed by atoms with Crippen LogP contribution in [0.3, 0.4) is 0 Å². The van der Waals surface area contributed by atoms with Gasteiger partial charge in [-0.15, -0.1) is 0 Å². The quantitative estimate of drug-likeness (QED) is 0.531. The second-order valence-electron chi connectivity index (χ2n) is 6.48. The van der Waals surface area contributed by atoms with Crippen LogP contribution in [0.4, 0.5) is 5.69 Å². The number of nitrogens with zero attached hydrogens (tertiary/aromatic N) is 2. The SMILES string of the molecule is Cc1nc(Oc2ccccc2)nc(C)c1NC(=O)c1ccc2ccccc2c1. The van der Waals surface area contributed by atoms with E-state index in [0.717, 1.165) is 10.8 Å². The first-order valence-electron chi connectivity index (χ1n) is 8.98. The Balaban J connectivity index is 1.57. The smallest absolute Gasteiger partial charge is 0.322 e. The molecule has 3 aromatic carbocycles. The highest BCUT2D eigenvalue weighted by Gasteiger charge is 2.14. The maximum atomic E-state index is 12.7. The van der Waals surface area contributed by atoms with E-state index in [1.807, 2.05) is 86.6 Å². The third-order valence-corrected chi connectivity index (χ3v) is 4.45. The van der Waals surface area contributed by atoms with Crippen molar-refractivity contribution in [1.82, 2.24) is 9.97 Å². The first-order chi connectivity index (χ1) is 13.6.